The lowest BCUT2D eigenvalue weighted by Crippen LogP contribution is -2.29. The van der Waals surface area contributed by atoms with Crippen LogP contribution in [0.2, 0.25) is 5.02 Å². The maximum Gasteiger partial charge on any atom is 0.244 e. The van der Waals surface area contributed by atoms with Crippen LogP contribution in [0.5, 0.6) is 5.75 Å². The van der Waals surface area contributed by atoms with Gasteiger partial charge in [0.05, 0.1) is 12.8 Å². The smallest absolute Gasteiger partial charge is 0.244 e. The summed E-state index contributed by atoms with van der Waals surface area (Å²) in [6.07, 6.45) is 0.218. The largest absolute Gasteiger partial charge is 0.495 e. The first kappa shape index (κ1) is 19.3. The number of carbonyl (C=O) groups is 2. The van der Waals surface area contributed by atoms with Crippen molar-refractivity contribution in [3.05, 3.63) is 53.1 Å². The number of benzene rings is 2. The van der Waals surface area contributed by atoms with Crippen LogP contribution in [-0.4, -0.2) is 27.3 Å². The monoisotopic (exact) mass is 408 g/mol. The summed E-state index contributed by atoms with van der Waals surface area (Å²) in [5, 5.41) is 0.439. The summed E-state index contributed by atoms with van der Waals surface area (Å²) in [7, 11) is -2.65. The lowest BCUT2D eigenvalue weighted by atomic mass is 10.2. The average molecular weight is 409 g/mol. The van der Waals surface area contributed by atoms with Gasteiger partial charge in [-0.1, -0.05) is 29.8 Å². The highest BCUT2D eigenvalue weighted by Gasteiger charge is 2.32. The summed E-state index contributed by atoms with van der Waals surface area (Å²) >= 11 is 6.06. The number of anilines is 1. The zero-order valence-electron chi connectivity index (χ0n) is 14.4. The van der Waals surface area contributed by atoms with Crippen LogP contribution in [0.3, 0.4) is 0 Å². The van der Waals surface area contributed by atoms with Crippen LogP contribution in [0.15, 0.2) is 47.4 Å². The van der Waals surface area contributed by atoms with Crippen molar-refractivity contribution in [2.45, 2.75) is 24.3 Å². The Morgan fingerprint density at radius 1 is 1.11 bits per heavy atom. The number of halogens is 1. The maximum absolute atomic E-state index is 12.8. The van der Waals surface area contributed by atoms with Crippen molar-refractivity contribution in [3.63, 3.8) is 0 Å². The van der Waals surface area contributed by atoms with Gasteiger partial charge in [0, 0.05) is 24.4 Å². The third kappa shape index (κ3) is 3.97. The minimum Gasteiger partial charge on any atom is -0.495 e. The fraction of sp³-hybridized carbons (Fsp3) is 0.222. The first-order valence-electron chi connectivity index (χ1n) is 8.10. The third-order valence-corrected chi connectivity index (χ3v) is 5.95. The second kappa shape index (κ2) is 7.67. The quantitative estimate of drug-likeness (QED) is 0.741. The van der Waals surface area contributed by atoms with Crippen molar-refractivity contribution in [2.75, 3.05) is 12.0 Å². The standard InChI is InChI=1S/C18H17ClN2O5S/c1-26-15-7-6-13(21-17(22)8-9-18(21)23)10-16(15)27(24,25)20-11-12-4-2-3-5-14(12)19/h2-7,10,20H,8-9,11H2,1H3. The second-order valence-corrected chi connectivity index (χ2v) is 8.02. The molecular weight excluding hydrogens is 392 g/mol. The van der Waals surface area contributed by atoms with Crippen LogP contribution in [0.1, 0.15) is 18.4 Å². The number of hydrogen-bond donors (Lipinski definition) is 1. The molecule has 1 aliphatic heterocycles. The van der Waals surface area contributed by atoms with Gasteiger partial charge >= 0.3 is 0 Å². The van der Waals surface area contributed by atoms with Crippen molar-refractivity contribution in [1.82, 2.24) is 4.72 Å². The molecule has 3 rings (SSSR count). The molecule has 2 aromatic rings. The number of methoxy groups -OCH3 is 1. The molecule has 7 nitrogen and oxygen atoms in total. The summed E-state index contributed by atoms with van der Waals surface area (Å²) < 4.78 is 33.2. The van der Waals surface area contributed by atoms with Crippen molar-refractivity contribution >= 4 is 39.1 Å². The predicted molar refractivity (Wildman–Crippen MR) is 100 cm³/mol. The number of ether oxygens (including phenoxy) is 1. The van der Waals surface area contributed by atoms with Gasteiger partial charge < -0.3 is 4.74 Å². The Bertz CT molecular complexity index is 991. The molecule has 0 unspecified atom stereocenters. The molecule has 27 heavy (non-hydrogen) atoms. The summed E-state index contributed by atoms with van der Waals surface area (Å²) in [5.41, 5.74) is 0.809. The Hall–Kier alpha value is -2.42. The maximum atomic E-state index is 12.8. The number of nitrogens with zero attached hydrogens (tertiary/aromatic N) is 1. The predicted octanol–water partition coefficient (Wildman–Crippen LogP) is 2.48. The molecule has 1 fully saturated rings. The highest BCUT2D eigenvalue weighted by Crippen LogP contribution is 2.31. The number of amides is 2. The van der Waals surface area contributed by atoms with Gasteiger partial charge in [0.1, 0.15) is 10.6 Å². The summed E-state index contributed by atoms with van der Waals surface area (Å²) in [4.78, 5) is 24.7. The van der Waals surface area contributed by atoms with E-state index in [2.05, 4.69) is 4.72 Å². The Morgan fingerprint density at radius 2 is 1.78 bits per heavy atom. The van der Waals surface area contributed by atoms with Crippen LogP contribution in [0, 0.1) is 0 Å². The van der Waals surface area contributed by atoms with E-state index in [1.807, 2.05) is 0 Å². The molecule has 1 N–H and O–H groups in total. The second-order valence-electron chi connectivity index (χ2n) is 5.87. The van der Waals surface area contributed by atoms with Gasteiger partial charge in [-0.2, -0.15) is 0 Å². The fourth-order valence-corrected chi connectivity index (χ4v) is 4.17. The van der Waals surface area contributed by atoms with Gasteiger partial charge in [-0.15, -0.1) is 0 Å². The van der Waals surface area contributed by atoms with Gasteiger partial charge in [-0.3, -0.25) is 14.5 Å². The van der Waals surface area contributed by atoms with Crippen molar-refractivity contribution in [3.8, 4) is 5.75 Å². The summed E-state index contributed by atoms with van der Waals surface area (Å²) in [6, 6.07) is 11.0. The van der Waals surface area contributed by atoms with Crippen molar-refractivity contribution < 1.29 is 22.7 Å². The van der Waals surface area contributed by atoms with Crippen LogP contribution in [0.4, 0.5) is 5.69 Å². The SMILES string of the molecule is COc1ccc(N2C(=O)CCC2=O)cc1S(=O)(=O)NCc1ccccc1Cl. The van der Waals surface area contributed by atoms with Crippen LogP contribution in [0.25, 0.3) is 0 Å². The van der Waals surface area contributed by atoms with Gasteiger partial charge in [0.15, 0.2) is 0 Å². The van der Waals surface area contributed by atoms with Gasteiger partial charge in [-0.05, 0) is 29.8 Å². The molecule has 142 valence electrons. The highest BCUT2D eigenvalue weighted by atomic mass is 35.5. The Labute approximate surface area is 161 Å². The number of carbonyl (C=O) groups excluding carboxylic acids is 2. The number of hydrogen-bond acceptors (Lipinski definition) is 5. The third-order valence-electron chi connectivity index (χ3n) is 4.16. The zero-order valence-corrected chi connectivity index (χ0v) is 16.0. The minimum absolute atomic E-state index is 0.0169. The van der Waals surface area contributed by atoms with E-state index in [1.165, 1.54) is 25.3 Å². The van der Waals surface area contributed by atoms with Gasteiger partial charge in [0.25, 0.3) is 0 Å². The normalized spacial score (nSPS) is 14.7. The van der Waals surface area contributed by atoms with Crippen LogP contribution >= 0.6 is 11.6 Å². The van der Waals surface area contributed by atoms with Crippen LogP contribution < -0.4 is 14.4 Å². The minimum atomic E-state index is -3.99. The zero-order chi connectivity index (χ0) is 19.6. The number of sulfonamides is 1. The number of imide groups is 1. The molecule has 0 radical (unpaired) electrons. The Morgan fingerprint density at radius 3 is 2.41 bits per heavy atom. The molecule has 2 aromatic carbocycles. The molecule has 0 spiro atoms. The molecule has 0 atom stereocenters. The molecule has 0 aromatic heterocycles. The van der Waals surface area contributed by atoms with E-state index in [1.54, 1.807) is 24.3 Å². The lowest BCUT2D eigenvalue weighted by Gasteiger charge is -2.17. The molecule has 2 amide bonds. The summed E-state index contributed by atoms with van der Waals surface area (Å²) in [6.45, 7) is -0.0169. The lowest BCUT2D eigenvalue weighted by molar-refractivity contribution is -0.121. The Balaban J connectivity index is 1.93. The molecule has 0 bridgehead atoms. The van der Waals surface area contributed by atoms with E-state index in [0.717, 1.165) is 4.90 Å². The fourth-order valence-electron chi connectivity index (χ4n) is 2.77. The van der Waals surface area contributed by atoms with E-state index >= 15 is 0 Å². The first-order chi connectivity index (χ1) is 12.8. The van der Waals surface area contributed by atoms with Crippen molar-refractivity contribution in [1.29, 1.82) is 0 Å². The first-order valence-corrected chi connectivity index (χ1v) is 9.96. The molecule has 9 heteroatoms. The highest BCUT2D eigenvalue weighted by molar-refractivity contribution is 7.89. The topological polar surface area (TPSA) is 92.8 Å². The van der Waals surface area contributed by atoms with Gasteiger partial charge in [0.2, 0.25) is 21.8 Å². The molecular formula is C18H17ClN2O5S. The molecule has 0 aliphatic carbocycles. The molecule has 1 aliphatic rings. The van der Waals surface area contributed by atoms with E-state index in [0.29, 0.717) is 10.6 Å². The van der Waals surface area contributed by atoms with E-state index in [9.17, 15) is 18.0 Å². The van der Waals surface area contributed by atoms with Crippen molar-refractivity contribution in [2.24, 2.45) is 0 Å². The number of rotatable bonds is 6. The number of nitrogens with one attached hydrogen (secondary N) is 1. The molecule has 1 heterocycles. The van der Waals surface area contributed by atoms with Gasteiger partial charge in [-0.25, -0.2) is 13.1 Å². The van der Waals surface area contributed by atoms with Crippen LogP contribution in [-0.2, 0) is 26.2 Å². The summed E-state index contributed by atoms with van der Waals surface area (Å²) in [5.74, 6) is -0.625. The van der Waals surface area contributed by atoms with E-state index in [4.69, 9.17) is 16.3 Å². The molecule has 0 saturated carbocycles. The Kier molecular flexibility index (Phi) is 5.50. The van der Waals surface area contributed by atoms with E-state index in [-0.39, 0.29) is 47.5 Å². The average Bonchev–Trinajstić information content (AvgIpc) is 2.99. The van der Waals surface area contributed by atoms with E-state index < -0.39 is 10.0 Å². The molecule has 1 saturated heterocycles.